The third-order valence-corrected chi connectivity index (χ3v) is 4.85. The Bertz CT molecular complexity index is 804. The Labute approximate surface area is 158 Å². The molecule has 1 saturated heterocycles. The van der Waals surface area contributed by atoms with E-state index < -0.39 is 0 Å². The van der Waals surface area contributed by atoms with Gasteiger partial charge >= 0.3 is 0 Å². The number of unbranched alkanes of at least 4 members (excludes halogenated alkanes) is 1. The van der Waals surface area contributed by atoms with Crippen LogP contribution in [0.3, 0.4) is 0 Å². The van der Waals surface area contributed by atoms with Crippen LogP contribution in [0.2, 0.25) is 5.02 Å². The SMILES string of the molecule is CCCC[C@H]1CN(c2cccc(Cl)c2)C(=O)CN1C(=O)c1ncc(C)[nH]1. The second kappa shape index (κ2) is 7.91. The number of anilines is 1. The van der Waals surface area contributed by atoms with Gasteiger partial charge in [0.2, 0.25) is 5.91 Å². The molecule has 1 aliphatic heterocycles. The minimum absolute atomic E-state index is 0.0411. The summed E-state index contributed by atoms with van der Waals surface area (Å²) >= 11 is 6.08. The molecule has 0 bridgehead atoms. The molecule has 0 saturated carbocycles. The molecule has 26 heavy (non-hydrogen) atoms. The third kappa shape index (κ3) is 3.90. The molecule has 1 fully saturated rings. The lowest BCUT2D eigenvalue weighted by molar-refractivity contribution is -0.121. The van der Waals surface area contributed by atoms with Gasteiger partial charge in [0, 0.05) is 29.1 Å². The van der Waals surface area contributed by atoms with Crippen LogP contribution in [0.25, 0.3) is 0 Å². The van der Waals surface area contributed by atoms with Gasteiger partial charge in [-0.15, -0.1) is 0 Å². The van der Waals surface area contributed by atoms with Crippen molar-refractivity contribution in [2.75, 3.05) is 18.0 Å². The number of halogens is 1. The lowest BCUT2D eigenvalue weighted by Gasteiger charge is -2.40. The van der Waals surface area contributed by atoms with Crippen molar-refractivity contribution in [3.8, 4) is 0 Å². The number of piperazine rings is 1. The highest BCUT2D eigenvalue weighted by Crippen LogP contribution is 2.25. The first-order valence-corrected chi connectivity index (χ1v) is 9.26. The van der Waals surface area contributed by atoms with E-state index in [0.29, 0.717) is 11.6 Å². The lowest BCUT2D eigenvalue weighted by Crippen LogP contribution is -2.58. The summed E-state index contributed by atoms with van der Waals surface area (Å²) in [7, 11) is 0. The third-order valence-electron chi connectivity index (χ3n) is 4.62. The summed E-state index contributed by atoms with van der Waals surface area (Å²) in [6.07, 6.45) is 4.48. The van der Waals surface area contributed by atoms with E-state index in [1.807, 2.05) is 19.1 Å². The Morgan fingerprint density at radius 1 is 1.42 bits per heavy atom. The van der Waals surface area contributed by atoms with Crippen LogP contribution in [0.4, 0.5) is 5.69 Å². The summed E-state index contributed by atoms with van der Waals surface area (Å²) in [5.74, 6) is -0.0528. The molecule has 1 aromatic heterocycles. The maximum absolute atomic E-state index is 12.9. The predicted molar refractivity (Wildman–Crippen MR) is 101 cm³/mol. The molecule has 1 atom stereocenters. The number of carbonyl (C=O) groups excluding carboxylic acids is 2. The fraction of sp³-hybridized carbons (Fsp3) is 0.421. The largest absolute Gasteiger partial charge is 0.338 e. The van der Waals surface area contributed by atoms with Gasteiger partial charge in [-0.25, -0.2) is 4.98 Å². The van der Waals surface area contributed by atoms with Gasteiger partial charge in [0.25, 0.3) is 5.91 Å². The Morgan fingerprint density at radius 3 is 2.88 bits per heavy atom. The number of rotatable bonds is 5. The van der Waals surface area contributed by atoms with E-state index >= 15 is 0 Å². The summed E-state index contributed by atoms with van der Waals surface area (Å²) in [4.78, 5) is 36.1. The van der Waals surface area contributed by atoms with Gasteiger partial charge in [-0.2, -0.15) is 0 Å². The monoisotopic (exact) mass is 374 g/mol. The van der Waals surface area contributed by atoms with Crippen molar-refractivity contribution in [2.24, 2.45) is 0 Å². The molecule has 6 nitrogen and oxygen atoms in total. The molecule has 0 unspecified atom stereocenters. The zero-order valence-corrected chi connectivity index (χ0v) is 15.8. The highest BCUT2D eigenvalue weighted by molar-refractivity contribution is 6.30. The van der Waals surface area contributed by atoms with E-state index in [0.717, 1.165) is 30.6 Å². The van der Waals surface area contributed by atoms with Crippen molar-refractivity contribution < 1.29 is 9.59 Å². The zero-order chi connectivity index (χ0) is 18.7. The van der Waals surface area contributed by atoms with Crippen LogP contribution in [-0.2, 0) is 4.79 Å². The Balaban J connectivity index is 1.85. The summed E-state index contributed by atoms with van der Waals surface area (Å²) in [6.45, 7) is 4.47. The van der Waals surface area contributed by atoms with E-state index in [-0.39, 0.29) is 30.2 Å². The van der Waals surface area contributed by atoms with E-state index in [9.17, 15) is 9.59 Å². The maximum atomic E-state index is 12.9. The molecule has 2 amide bonds. The van der Waals surface area contributed by atoms with E-state index in [1.165, 1.54) is 0 Å². The maximum Gasteiger partial charge on any atom is 0.290 e. The number of nitrogens with zero attached hydrogens (tertiary/aromatic N) is 3. The number of imidazole rings is 1. The van der Waals surface area contributed by atoms with Gasteiger partial charge in [-0.05, 0) is 31.5 Å². The second-order valence-corrected chi connectivity index (χ2v) is 7.06. The quantitative estimate of drug-likeness (QED) is 0.871. The van der Waals surface area contributed by atoms with Crippen LogP contribution in [0, 0.1) is 6.92 Å². The summed E-state index contributed by atoms with van der Waals surface area (Å²) in [5.41, 5.74) is 1.59. The molecular formula is C19H23ClN4O2. The number of aromatic nitrogens is 2. The number of carbonyl (C=O) groups is 2. The highest BCUT2D eigenvalue weighted by Gasteiger charge is 2.36. The molecule has 2 aromatic rings. The molecular weight excluding hydrogens is 352 g/mol. The Kier molecular flexibility index (Phi) is 5.61. The first-order chi connectivity index (χ1) is 12.5. The molecule has 138 valence electrons. The van der Waals surface area contributed by atoms with Crippen LogP contribution in [0.1, 0.15) is 42.5 Å². The van der Waals surface area contributed by atoms with Gasteiger partial charge < -0.3 is 14.8 Å². The molecule has 1 N–H and O–H groups in total. The van der Waals surface area contributed by atoms with Gasteiger partial charge in [0.05, 0.1) is 6.04 Å². The van der Waals surface area contributed by atoms with Crippen molar-refractivity contribution in [1.29, 1.82) is 0 Å². The molecule has 2 heterocycles. The van der Waals surface area contributed by atoms with Gasteiger partial charge in [-0.3, -0.25) is 9.59 Å². The molecule has 0 radical (unpaired) electrons. The average Bonchev–Trinajstić information content (AvgIpc) is 3.06. The molecule has 0 aliphatic carbocycles. The first-order valence-electron chi connectivity index (χ1n) is 8.88. The number of aryl methyl sites for hydroxylation is 1. The molecule has 7 heteroatoms. The predicted octanol–water partition coefficient (Wildman–Crippen LogP) is 3.42. The van der Waals surface area contributed by atoms with Gasteiger partial charge in [-0.1, -0.05) is 37.4 Å². The van der Waals surface area contributed by atoms with E-state index in [4.69, 9.17) is 11.6 Å². The highest BCUT2D eigenvalue weighted by atomic mass is 35.5. The fourth-order valence-corrected chi connectivity index (χ4v) is 3.43. The van der Waals surface area contributed by atoms with Crippen LogP contribution < -0.4 is 4.90 Å². The molecule has 0 spiro atoms. The van der Waals surface area contributed by atoms with E-state index in [2.05, 4.69) is 16.9 Å². The fourth-order valence-electron chi connectivity index (χ4n) is 3.25. The number of H-pyrrole nitrogens is 1. The standard InChI is InChI=1S/C19H23ClN4O2/c1-3-4-7-16-11-23(15-8-5-6-14(20)9-15)17(25)12-24(16)19(26)18-21-10-13(2)22-18/h5-6,8-10,16H,3-4,7,11-12H2,1-2H3,(H,21,22)/t16-/m0/s1. The zero-order valence-electron chi connectivity index (χ0n) is 15.0. The summed E-state index contributed by atoms with van der Waals surface area (Å²) < 4.78 is 0. The number of nitrogens with one attached hydrogen (secondary N) is 1. The Morgan fingerprint density at radius 2 is 2.23 bits per heavy atom. The second-order valence-electron chi connectivity index (χ2n) is 6.63. The lowest BCUT2D eigenvalue weighted by atomic mass is 10.0. The van der Waals surface area contributed by atoms with E-state index in [1.54, 1.807) is 28.1 Å². The van der Waals surface area contributed by atoms with Crippen molar-refractivity contribution in [2.45, 2.75) is 39.2 Å². The minimum Gasteiger partial charge on any atom is -0.338 e. The normalized spacial score (nSPS) is 17.7. The summed E-state index contributed by atoms with van der Waals surface area (Å²) in [6, 6.07) is 7.21. The van der Waals surface area contributed by atoms with Crippen molar-refractivity contribution in [3.05, 3.63) is 47.0 Å². The Hall–Kier alpha value is -2.34. The van der Waals surface area contributed by atoms with Gasteiger partial charge in [0.1, 0.15) is 6.54 Å². The molecule has 1 aromatic carbocycles. The first kappa shape index (κ1) is 18.5. The van der Waals surface area contributed by atoms with Crippen molar-refractivity contribution in [3.63, 3.8) is 0 Å². The molecule has 1 aliphatic rings. The number of benzene rings is 1. The van der Waals surface area contributed by atoms with Crippen LogP contribution in [-0.4, -0.2) is 45.8 Å². The van der Waals surface area contributed by atoms with Gasteiger partial charge in [0.15, 0.2) is 5.82 Å². The number of amides is 2. The average molecular weight is 375 g/mol. The van der Waals surface area contributed by atoms with Crippen molar-refractivity contribution >= 4 is 29.1 Å². The van der Waals surface area contributed by atoms with Crippen LogP contribution in [0.5, 0.6) is 0 Å². The van der Waals surface area contributed by atoms with Crippen LogP contribution >= 0.6 is 11.6 Å². The van der Waals surface area contributed by atoms with Crippen molar-refractivity contribution in [1.82, 2.24) is 14.9 Å². The number of hydrogen-bond acceptors (Lipinski definition) is 3. The van der Waals surface area contributed by atoms with Crippen LogP contribution in [0.15, 0.2) is 30.5 Å². The number of hydrogen-bond donors (Lipinski definition) is 1. The number of aromatic amines is 1. The topological polar surface area (TPSA) is 69.3 Å². The molecule has 3 rings (SSSR count). The smallest absolute Gasteiger partial charge is 0.290 e. The summed E-state index contributed by atoms with van der Waals surface area (Å²) in [5, 5.41) is 0.588. The minimum atomic E-state index is -0.224.